The van der Waals surface area contributed by atoms with Crippen LogP contribution in [0.25, 0.3) is 0 Å². The van der Waals surface area contributed by atoms with Crippen LogP contribution < -0.4 is 5.73 Å². The van der Waals surface area contributed by atoms with Crippen molar-refractivity contribution in [2.45, 2.75) is 31.9 Å². The Labute approximate surface area is 135 Å². The van der Waals surface area contributed by atoms with Crippen molar-refractivity contribution in [1.82, 2.24) is 0 Å². The van der Waals surface area contributed by atoms with E-state index < -0.39 is 6.10 Å². The normalized spacial score (nSPS) is 13.9. The van der Waals surface area contributed by atoms with Gasteiger partial charge in [-0.1, -0.05) is 13.3 Å². The first-order valence-corrected chi connectivity index (χ1v) is 7.24. The molecular weight excluding hydrogens is 467 g/mol. The molecule has 0 aliphatic heterocycles. The number of aliphatic hydroxyl groups is 1. The van der Waals surface area contributed by atoms with E-state index in [1.165, 1.54) is 0 Å². The second-order valence-electron chi connectivity index (χ2n) is 3.71. The van der Waals surface area contributed by atoms with Crippen molar-refractivity contribution in [2.75, 3.05) is 0 Å². The lowest BCUT2D eigenvalue weighted by molar-refractivity contribution is 0.134. The van der Waals surface area contributed by atoms with E-state index in [1.54, 1.807) is 0 Å². The van der Waals surface area contributed by atoms with E-state index >= 15 is 0 Å². The van der Waals surface area contributed by atoms with E-state index in [0.717, 1.165) is 19.1 Å². The number of halogens is 3. The maximum Gasteiger partial charge on any atom is 0.142 e. The topological polar surface area (TPSA) is 66.5 Å². The standard InChI is InChI=1S/C11H15I2NO2.ClH/c1-2-3-9(15)10(14)6-4-7(12)11(16)8(13)5-6;/h4-5,9-10,15-16H,2-3,14H2,1H3;1H/t9-,10+;/m0./s1. The van der Waals surface area contributed by atoms with Crippen LogP contribution in [0.5, 0.6) is 5.75 Å². The quantitative estimate of drug-likeness (QED) is 0.577. The summed E-state index contributed by atoms with van der Waals surface area (Å²) in [4.78, 5) is 0. The number of benzene rings is 1. The molecule has 98 valence electrons. The summed E-state index contributed by atoms with van der Waals surface area (Å²) in [5.74, 6) is 0.280. The van der Waals surface area contributed by atoms with Gasteiger partial charge in [-0.2, -0.15) is 0 Å². The van der Waals surface area contributed by atoms with Crippen LogP contribution in [0.4, 0.5) is 0 Å². The third-order valence-corrected chi connectivity index (χ3v) is 4.07. The zero-order valence-electron chi connectivity index (χ0n) is 9.36. The minimum Gasteiger partial charge on any atom is -0.506 e. The lowest BCUT2D eigenvalue weighted by Crippen LogP contribution is -2.26. The van der Waals surface area contributed by atoms with Crippen molar-refractivity contribution in [3.8, 4) is 5.75 Å². The molecule has 17 heavy (non-hydrogen) atoms. The van der Waals surface area contributed by atoms with Gasteiger partial charge in [0.05, 0.1) is 19.3 Å². The molecule has 0 unspecified atom stereocenters. The van der Waals surface area contributed by atoms with Crippen molar-refractivity contribution in [3.63, 3.8) is 0 Å². The summed E-state index contributed by atoms with van der Waals surface area (Å²) in [5.41, 5.74) is 6.84. The Morgan fingerprint density at radius 3 is 2.18 bits per heavy atom. The summed E-state index contributed by atoms with van der Waals surface area (Å²) in [5, 5.41) is 19.5. The summed E-state index contributed by atoms with van der Waals surface area (Å²) in [6.07, 6.45) is 1.07. The van der Waals surface area contributed by atoms with Gasteiger partial charge in [-0.25, -0.2) is 0 Å². The molecule has 1 aromatic rings. The van der Waals surface area contributed by atoms with Crippen molar-refractivity contribution in [3.05, 3.63) is 24.8 Å². The molecule has 0 saturated carbocycles. The van der Waals surface area contributed by atoms with E-state index in [1.807, 2.05) is 19.1 Å². The number of aromatic hydroxyl groups is 1. The molecule has 0 aliphatic rings. The lowest BCUT2D eigenvalue weighted by Gasteiger charge is -2.19. The zero-order valence-corrected chi connectivity index (χ0v) is 14.5. The highest BCUT2D eigenvalue weighted by molar-refractivity contribution is 14.1. The van der Waals surface area contributed by atoms with Crippen LogP contribution in [0.1, 0.15) is 31.4 Å². The molecule has 4 N–H and O–H groups in total. The Morgan fingerprint density at radius 1 is 1.29 bits per heavy atom. The number of aliphatic hydroxyl groups excluding tert-OH is 1. The molecule has 0 aliphatic carbocycles. The molecular formula is C11H16ClI2NO2. The predicted molar refractivity (Wildman–Crippen MR) is 88.6 cm³/mol. The monoisotopic (exact) mass is 483 g/mol. The first-order chi connectivity index (χ1) is 7.47. The van der Waals surface area contributed by atoms with E-state index in [-0.39, 0.29) is 24.2 Å². The fraction of sp³-hybridized carbons (Fsp3) is 0.455. The molecule has 6 heteroatoms. The third-order valence-electron chi connectivity index (χ3n) is 2.42. The van der Waals surface area contributed by atoms with Crippen molar-refractivity contribution in [2.24, 2.45) is 5.73 Å². The summed E-state index contributed by atoms with van der Waals surface area (Å²) in [6.45, 7) is 2.01. The molecule has 3 nitrogen and oxygen atoms in total. The van der Waals surface area contributed by atoms with Crippen molar-refractivity contribution in [1.29, 1.82) is 0 Å². The van der Waals surface area contributed by atoms with Crippen LogP contribution in [0, 0.1) is 7.14 Å². The van der Waals surface area contributed by atoms with Crippen LogP contribution in [0.15, 0.2) is 12.1 Å². The molecule has 0 spiro atoms. The van der Waals surface area contributed by atoms with Gasteiger partial charge in [0, 0.05) is 0 Å². The average molecular weight is 484 g/mol. The van der Waals surface area contributed by atoms with E-state index in [4.69, 9.17) is 5.73 Å². The van der Waals surface area contributed by atoms with Crippen LogP contribution in [0.3, 0.4) is 0 Å². The summed E-state index contributed by atoms with van der Waals surface area (Å²) in [6, 6.07) is 3.26. The van der Waals surface area contributed by atoms with Crippen molar-refractivity contribution >= 4 is 57.6 Å². The number of rotatable bonds is 4. The van der Waals surface area contributed by atoms with E-state index in [2.05, 4.69) is 45.2 Å². The largest absolute Gasteiger partial charge is 0.506 e. The van der Waals surface area contributed by atoms with Gasteiger partial charge in [0.1, 0.15) is 5.75 Å². The maximum atomic E-state index is 9.83. The highest BCUT2D eigenvalue weighted by atomic mass is 127. The molecule has 0 bridgehead atoms. The Morgan fingerprint density at radius 2 is 1.76 bits per heavy atom. The smallest absolute Gasteiger partial charge is 0.142 e. The van der Waals surface area contributed by atoms with Gasteiger partial charge in [0.15, 0.2) is 0 Å². The SMILES string of the molecule is CCC[C@H](O)[C@H](N)c1cc(I)c(O)c(I)c1.Cl. The molecule has 0 amide bonds. The van der Waals surface area contributed by atoms with Crippen LogP contribution in [-0.2, 0) is 0 Å². The fourth-order valence-electron chi connectivity index (χ4n) is 1.48. The van der Waals surface area contributed by atoms with Crippen LogP contribution >= 0.6 is 57.6 Å². The number of hydrogen-bond acceptors (Lipinski definition) is 3. The molecule has 1 rings (SSSR count). The fourth-order valence-corrected chi connectivity index (χ4v) is 3.29. The van der Waals surface area contributed by atoms with Gasteiger partial charge < -0.3 is 15.9 Å². The van der Waals surface area contributed by atoms with E-state index in [9.17, 15) is 10.2 Å². The number of phenolic OH excluding ortho intramolecular Hbond substituents is 1. The minimum absolute atomic E-state index is 0. The van der Waals surface area contributed by atoms with Gasteiger partial charge in [-0.05, 0) is 69.3 Å². The molecule has 2 atom stereocenters. The first kappa shape index (κ1) is 17.7. The Bertz CT molecular complexity index is 353. The van der Waals surface area contributed by atoms with Gasteiger partial charge in [-0.15, -0.1) is 12.4 Å². The van der Waals surface area contributed by atoms with Gasteiger partial charge in [-0.3, -0.25) is 0 Å². The van der Waals surface area contributed by atoms with E-state index in [0.29, 0.717) is 6.42 Å². The minimum atomic E-state index is -0.527. The van der Waals surface area contributed by atoms with Gasteiger partial charge >= 0.3 is 0 Å². The summed E-state index contributed by atoms with van der Waals surface area (Å²) >= 11 is 4.12. The second kappa shape index (κ2) is 7.98. The lowest BCUT2D eigenvalue weighted by atomic mass is 9.99. The van der Waals surface area contributed by atoms with Crippen LogP contribution in [0.2, 0.25) is 0 Å². The number of hydrogen-bond donors (Lipinski definition) is 3. The van der Waals surface area contributed by atoms with Gasteiger partial charge in [0.2, 0.25) is 0 Å². The first-order valence-electron chi connectivity index (χ1n) is 5.09. The molecule has 0 heterocycles. The molecule has 0 saturated heterocycles. The number of phenols is 1. The maximum absolute atomic E-state index is 9.83. The third kappa shape index (κ3) is 4.70. The summed E-state index contributed by atoms with van der Waals surface area (Å²) in [7, 11) is 0. The van der Waals surface area contributed by atoms with Crippen LogP contribution in [-0.4, -0.2) is 16.3 Å². The highest BCUT2D eigenvalue weighted by Gasteiger charge is 2.18. The highest BCUT2D eigenvalue weighted by Crippen LogP contribution is 2.30. The predicted octanol–water partition coefficient (Wildman–Crippen LogP) is 3.18. The molecule has 0 fully saturated rings. The molecule has 0 aromatic heterocycles. The van der Waals surface area contributed by atoms with Crippen molar-refractivity contribution < 1.29 is 10.2 Å². The zero-order chi connectivity index (χ0) is 12.3. The Kier molecular flexibility index (Phi) is 8.30. The molecule has 1 aromatic carbocycles. The summed E-state index contributed by atoms with van der Waals surface area (Å²) < 4.78 is 1.53. The Balaban J connectivity index is 0.00000256. The average Bonchev–Trinajstić information content (AvgIpc) is 2.24. The Hall–Kier alpha value is 0.690. The second-order valence-corrected chi connectivity index (χ2v) is 6.04. The molecule has 0 radical (unpaired) electrons. The van der Waals surface area contributed by atoms with Gasteiger partial charge in [0.25, 0.3) is 0 Å². The number of nitrogens with two attached hydrogens (primary N) is 1.